The lowest BCUT2D eigenvalue weighted by Gasteiger charge is -2.22. The maximum atomic E-state index is 6.06. The van der Waals surface area contributed by atoms with Crippen molar-refractivity contribution in [2.75, 3.05) is 6.54 Å². The molecule has 1 atom stereocenters. The molecular formula is C18H23NO. The largest absolute Gasteiger partial charge is 0.484 e. The van der Waals surface area contributed by atoms with Gasteiger partial charge in [-0.3, -0.25) is 0 Å². The third kappa shape index (κ3) is 3.61. The average Bonchev–Trinajstić information content (AvgIpc) is 2.45. The summed E-state index contributed by atoms with van der Waals surface area (Å²) in [5.74, 6) is 0.872. The maximum Gasteiger partial charge on any atom is 0.136 e. The highest BCUT2D eigenvalue weighted by atomic mass is 16.5. The average molecular weight is 269 g/mol. The highest BCUT2D eigenvalue weighted by Crippen LogP contribution is 2.28. The summed E-state index contributed by atoms with van der Waals surface area (Å²) in [6, 6.07) is 18.4. The van der Waals surface area contributed by atoms with Crippen LogP contribution >= 0.6 is 0 Å². The first-order valence-corrected chi connectivity index (χ1v) is 7.03. The van der Waals surface area contributed by atoms with Crippen LogP contribution in [0, 0.1) is 0 Å². The van der Waals surface area contributed by atoms with Gasteiger partial charge in [0.05, 0.1) is 0 Å². The fourth-order valence-corrected chi connectivity index (χ4v) is 2.12. The van der Waals surface area contributed by atoms with Crippen LogP contribution in [0.2, 0.25) is 0 Å². The number of hydrogen-bond acceptors (Lipinski definition) is 2. The third-order valence-corrected chi connectivity index (χ3v) is 3.36. The third-order valence-electron chi connectivity index (χ3n) is 3.36. The van der Waals surface area contributed by atoms with Crippen molar-refractivity contribution >= 4 is 0 Å². The quantitative estimate of drug-likeness (QED) is 0.908. The molecule has 0 amide bonds. The summed E-state index contributed by atoms with van der Waals surface area (Å²) in [6.45, 7) is 7.06. The van der Waals surface area contributed by atoms with Crippen LogP contribution in [-0.4, -0.2) is 6.54 Å². The molecule has 0 radical (unpaired) electrons. The Morgan fingerprint density at radius 3 is 2.30 bits per heavy atom. The van der Waals surface area contributed by atoms with Crippen LogP contribution in [0.25, 0.3) is 0 Å². The Morgan fingerprint density at radius 1 is 1.00 bits per heavy atom. The van der Waals surface area contributed by atoms with Gasteiger partial charge in [0.2, 0.25) is 0 Å². The Balaban J connectivity index is 2.20. The van der Waals surface area contributed by atoms with Crippen LogP contribution in [0.3, 0.4) is 0 Å². The van der Waals surface area contributed by atoms with Crippen LogP contribution < -0.4 is 10.5 Å². The molecule has 20 heavy (non-hydrogen) atoms. The Bertz CT molecular complexity index is 543. The van der Waals surface area contributed by atoms with Crippen LogP contribution in [-0.2, 0) is 5.41 Å². The number of hydrogen-bond donors (Lipinski definition) is 1. The van der Waals surface area contributed by atoms with E-state index in [2.05, 4.69) is 32.9 Å². The molecule has 2 nitrogen and oxygen atoms in total. The Labute approximate surface area is 121 Å². The van der Waals surface area contributed by atoms with Gasteiger partial charge in [0.15, 0.2) is 0 Å². The molecule has 0 heterocycles. The number of benzene rings is 2. The molecule has 106 valence electrons. The monoisotopic (exact) mass is 269 g/mol. The van der Waals surface area contributed by atoms with E-state index >= 15 is 0 Å². The van der Waals surface area contributed by atoms with E-state index < -0.39 is 0 Å². The van der Waals surface area contributed by atoms with E-state index in [-0.39, 0.29) is 11.5 Å². The van der Waals surface area contributed by atoms with Crippen molar-refractivity contribution < 1.29 is 4.74 Å². The lowest BCUT2D eigenvalue weighted by molar-refractivity contribution is 0.214. The highest BCUT2D eigenvalue weighted by molar-refractivity contribution is 5.33. The van der Waals surface area contributed by atoms with Gasteiger partial charge in [-0.05, 0) is 28.7 Å². The number of nitrogens with two attached hydrogens (primary N) is 1. The van der Waals surface area contributed by atoms with Gasteiger partial charge in [-0.1, -0.05) is 63.2 Å². The minimum absolute atomic E-state index is 0.105. The van der Waals surface area contributed by atoms with E-state index in [9.17, 15) is 0 Å². The van der Waals surface area contributed by atoms with E-state index in [1.54, 1.807) is 0 Å². The van der Waals surface area contributed by atoms with Gasteiger partial charge in [-0.25, -0.2) is 0 Å². The molecule has 2 N–H and O–H groups in total. The predicted octanol–water partition coefficient (Wildman–Crippen LogP) is 4.06. The summed E-state index contributed by atoms with van der Waals surface area (Å²) < 4.78 is 6.06. The second kappa shape index (κ2) is 6.10. The molecule has 0 aromatic heterocycles. The zero-order valence-corrected chi connectivity index (χ0v) is 12.5. The topological polar surface area (TPSA) is 35.2 Å². The number of ether oxygens (including phenoxy) is 1. The van der Waals surface area contributed by atoms with Crippen molar-refractivity contribution in [3.63, 3.8) is 0 Å². The van der Waals surface area contributed by atoms with E-state index in [4.69, 9.17) is 10.5 Å². The van der Waals surface area contributed by atoms with Crippen molar-refractivity contribution in [1.82, 2.24) is 0 Å². The summed E-state index contributed by atoms with van der Waals surface area (Å²) in [5, 5.41) is 0. The Morgan fingerprint density at radius 2 is 1.70 bits per heavy atom. The first kappa shape index (κ1) is 14.6. The zero-order chi connectivity index (χ0) is 14.6. The van der Waals surface area contributed by atoms with Gasteiger partial charge in [0.25, 0.3) is 0 Å². The minimum Gasteiger partial charge on any atom is -0.484 e. The van der Waals surface area contributed by atoms with Gasteiger partial charge >= 0.3 is 0 Å². The maximum absolute atomic E-state index is 6.06. The molecule has 0 saturated carbocycles. The van der Waals surface area contributed by atoms with Crippen molar-refractivity contribution in [3.8, 4) is 5.75 Å². The second-order valence-electron chi connectivity index (χ2n) is 6.03. The predicted molar refractivity (Wildman–Crippen MR) is 84.0 cm³/mol. The molecule has 2 rings (SSSR count). The van der Waals surface area contributed by atoms with Gasteiger partial charge in [-0.2, -0.15) is 0 Å². The van der Waals surface area contributed by atoms with Gasteiger partial charge in [-0.15, -0.1) is 0 Å². The van der Waals surface area contributed by atoms with Gasteiger partial charge in [0, 0.05) is 6.54 Å². The standard InChI is InChI=1S/C18H23NO/c1-18(2,3)15-10-7-11-16(12-15)20-17(13-19)14-8-5-4-6-9-14/h4-12,17H,13,19H2,1-3H3. The summed E-state index contributed by atoms with van der Waals surface area (Å²) in [5.41, 5.74) is 8.34. The fourth-order valence-electron chi connectivity index (χ4n) is 2.12. The van der Waals surface area contributed by atoms with Gasteiger partial charge < -0.3 is 10.5 Å². The van der Waals surface area contributed by atoms with Crippen LogP contribution in [0.4, 0.5) is 0 Å². The van der Waals surface area contributed by atoms with Crippen molar-refractivity contribution in [1.29, 1.82) is 0 Å². The van der Waals surface area contributed by atoms with Crippen LogP contribution in [0.5, 0.6) is 5.75 Å². The lowest BCUT2D eigenvalue weighted by atomic mass is 9.87. The SMILES string of the molecule is CC(C)(C)c1cccc(OC(CN)c2ccccc2)c1. The zero-order valence-electron chi connectivity index (χ0n) is 12.5. The molecular weight excluding hydrogens is 246 g/mol. The molecule has 0 spiro atoms. The fraction of sp³-hybridized carbons (Fsp3) is 0.333. The number of rotatable bonds is 4. The Hall–Kier alpha value is -1.80. The Kier molecular flexibility index (Phi) is 4.46. The van der Waals surface area contributed by atoms with E-state index in [0.717, 1.165) is 11.3 Å². The van der Waals surface area contributed by atoms with E-state index in [0.29, 0.717) is 6.54 Å². The lowest BCUT2D eigenvalue weighted by Crippen LogP contribution is -2.19. The van der Waals surface area contributed by atoms with Gasteiger partial charge in [0.1, 0.15) is 11.9 Å². The van der Waals surface area contributed by atoms with Crippen LogP contribution in [0.15, 0.2) is 54.6 Å². The first-order chi connectivity index (χ1) is 9.50. The molecule has 2 aromatic carbocycles. The van der Waals surface area contributed by atoms with E-state index in [1.165, 1.54) is 5.56 Å². The molecule has 0 fully saturated rings. The van der Waals surface area contributed by atoms with Crippen molar-refractivity contribution in [2.24, 2.45) is 5.73 Å². The minimum atomic E-state index is -0.105. The summed E-state index contributed by atoms with van der Waals surface area (Å²) in [6.07, 6.45) is -0.105. The molecule has 2 heteroatoms. The van der Waals surface area contributed by atoms with Crippen molar-refractivity contribution in [2.45, 2.75) is 32.3 Å². The van der Waals surface area contributed by atoms with Crippen molar-refractivity contribution in [3.05, 3.63) is 65.7 Å². The summed E-state index contributed by atoms with van der Waals surface area (Å²) in [4.78, 5) is 0. The highest BCUT2D eigenvalue weighted by Gasteiger charge is 2.16. The normalized spacial score (nSPS) is 13.0. The first-order valence-electron chi connectivity index (χ1n) is 7.03. The summed E-state index contributed by atoms with van der Waals surface area (Å²) >= 11 is 0. The summed E-state index contributed by atoms with van der Waals surface area (Å²) in [7, 11) is 0. The molecule has 1 unspecified atom stereocenters. The molecule has 2 aromatic rings. The molecule has 0 saturated heterocycles. The molecule has 0 bridgehead atoms. The second-order valence-corrected chi connectivity index (χ2v) is 6.03. The molecule has 0 aliphatic carbocycles. The van der Waals surface area contributed by atoms with Crippen LogP contribution in [0.1, 0.15) is 38.0 Å². The molecule has 0 aliphatic heterocycles. The smallest absolute Gasteiger partial charge is 0.136 e. The molecule has 0 aliphatic rings. The van der Waals surface area contributed by atoms with E-state index in [1.807, 2.05) is 42.5 Å².